The second-order valence-electron chi connectivity index (χ2n) is 35.1. The number of amides is 4. The van der Waals surface area contributed by atoms with Gasteiger partial charge in [0.2, 0.25) is 5.78 Å². The Kier molecular flexibility index (Phi) is 23.3. The van der Waals surface area contributed by atoms with Crippen molar-refractivity contribution in [3.8, 4) is 23.0 Å². The van der Waals surface area contributed by atoms with Gasteiger partial charge in [-0.15, -0.1) is 11.3 Å². The third-order valence-electron chi connectivity index (χ3n) is 24.7. The maximum Gasteiger partial charge on any atom is 0.273 e. The number of anilines is 1. The zero-order valence-electron chi connectivity index (χ0n) is 66.5. The maximum atomic E-state index is 13.9. The fourth-order valence-electron chi connectivity index (χ4n) is 19.7. The van der Waals surface area contributed by atoms with Crippen molar-refractivity contribution in [2.24, 2.45) is 21.7 Å². The van der Waals surface area contributed by atoms with E-state index >= 15 is 0 Å². The minimum atomic E-state index is -0.749. The number of hydrogen-bond donors (Lipinski definition) is 4. The highest BCUT2D eigenvalue weighted by Crippen LogP contribution is 2.72. The van der Waals surface area contributed by atoms with Crippen LogP contribution >= 0.6 is 69.3 Å². The van der Waals surface area contributed by atoms with Crippen molar-refractivity contribution in [3.05, 3.63) is 203 Å². The first kappa shape index (κ1) is 84.0. The lowest BCUT2D eigenvalue weighted by Crippen LogP contribution is -2.75. The molecule has 4 aromatic carbocycles. The predicted octanol–water partition coefficient (Wildman–Crippen LogP) is 15.7. The van der Waals surface area contributed by atoms with Gasteiger partial charge in [0.15, 0.2) is 51.9 Å². The third kappa shape index (κ3) is 18.4. The molecule has 1 aliphatic heterocycles. The predicted molar refractivity (Wildman–Crippen MR) is 447 cm³/mol. The molecule has 25 nitrogen and oxygen atoms in total. The highest BCUT2D eigenvalue weighted by atomic mass is 35.5. The van der Waals surface area contributed by atoms with Gasteiger partial charge in [0.1, 0.15) is 66.6 Å². The van der Waals surface area contributed by atoms with E-state index in [2.05, 4.69) is 51.1 Å². The number of ether oxygens (including phenoxy) is 5. The summed E-state index contributed by atoms with van der Waals surface area (Å²) in [6.45, 7) is 10.7. The molecule has 0 spiro atoms. The number of halogens is 6. The zero-order chi connectivity index (χ0) is 84.3. The topological polar surface area (TPSA) is 316 Å². The molecule has 13 aliphatic carbocycles. The number of pyridine rings is 1. The van der Waals surface area contributed by atoms with E-state index in [1.165, 1.54) is 23.9 Å². The van der Waals surface area contributed by atoms with E-state index in [1.54, 1.807) is 83.7 Å². The number of imidazole rings is 1. The van der Waals surface area contributed by atoms with Crippen molar-refractivity contribution in [1.82, 2.24) is 50.6 Å². The summed E-state index contributed by atoms with van der Waals surface area (Å²) in [4.78, 5) is 123. The smallest absolute Gasteiger partial charge is 0.273 e. The van der Waals surface area contributed by atoms with Gasteiger partial charge in [0.25, 0.3) is 23.6 Å². The summed E-state index contributed by atoms with van der Waals surface area (Å²) >= 11 is 31.2. The van der Waals surface area contributed by atoms with Crippen molar-refractivity contribution in [2.45, 2.75) is 171 Å². The van der Waals surface area contributed by atoms with Crippen LogP contribution in [0.4, 0.5) is 9.52 Å². The lowest BCUT2D eigenvalue weighted by atomic mass is 9.38. The molecule has 8 bridgehead atoms. The number of oxazole rings is 1. The molecule has 0 atom stereocenters. The Balaban J connectivity index is 0.000000119. The molecular weight excluding hydrogens is 1660 g/mol. The molecule has 4 N–H and O–H groups in total. The summed E-state index contributed by atoms with van der Waals surface area (Å²) in [6.07, 6.45) is 21.4. The highest BCUT2D eigenvalue weighted by molar-refractivity contribution is 7.14. The minimum absolute atomic E-state index is 0.00207. The number of ketones is 4. The van der Waals surface area contributed by atoms with Crippen molar-refractivity contribution in [2.75, 3.05) is 57.6 Å². The first-order valence-electron chi connectivity index (χ1n) is 40.0. The summed E-state index contributed by atoms with van der Waals surface area (Å²) in [5.74, 6) is 2.63. The monoisotopic (exact) mass is 1750 g/mol. The van der Waals surface area contributed by atoms with E-state index in [0.29, 0.717) is 136 Å². The summed E-state index contributed by atoms with van der Waals surface area (Å²) in [5.41, 5.74) is 3.68. The van der Waals surface area contributed by atoms with Crippen molar-refractivity contribution < 1.29 is 70.8 Å². The molecule has 32 heteroatoms. The van der Waals surface area contributed by atoms with Crippen LogP contribution < -0.4 is 45.1 Å². The Morgan fingerprint density at radius 1 is 0.500 bits per heavy atom. The van der Waals surface area contributed by atoms with E-state index in [4.69, 9.17) is 86.1 Å². The van der Waals surface area contributed by atoms with Crippen LogP contribution in [0.25, 0.3) is 5.78 Å². The highest BCUT2D eigenvalue weighted by Gasteiger charge is 2.71. The van der Waals surface area contributed by atoms with E-state index in [-0.39, 0.29) is 122 Å². The summed E-state index contributed by atoms with van der Waals surface area (Å²) < 4.78 is 48.8. The largest absolute Gasteiger partial charge is 0.486 e. The molecule has 4 amide bonds. The Morgan fingerprint density at radius 3 is 1.27 bits per heavy atom. The van der Waals surface area contributed by atoms with Crippen LogP contribution in [0.2, 0.25) is 25.1 Å². The van der Waals surface area contributed by atoms with Crippen molar-refractivity contribution in [1.29, 1.82) is 0 Å². The number of fused-ring (bicyclic) bond motifs is 1. The van der Waals surface area contributed by atoms with Gasteiger partial charge in [0, 0.05) is 117 Å². The van der Waals surface area contributed by atoms with Crippen LogP contribution in [-0.4, -0.2) is 151 Å². The molecule has 13 saturated carbocycles. The summed E-state index contributed by atoms with van der Waals surface area (Å²) in [5, 5.41) is 17.8. The van der Waals surface area contributed by atoms with Crippen LogP contribution in [0, 0.1) is 55.2 Å². The number of aromatic nitrogens is 6. The molecule has 14 aliphatic rings. The molecule has 5 aromatic heterocycles. The number of carbonyl (C=O) groups is 8. The quantitative estimate of drug-likeness (QED) is 0.0325. The number of nitrogens with one attached hydrogen (secondary N) is 4. The van der Waals surface area contributed by atoms with E-state index < -0.39 is 11.7 Å². The van der Waals surface area contributed by atoms with E-state index in [9.17, 15) is 42.7 Å². The molecule has 14 fully saturated rings. The average Bonchev–Trinajstić information content (AvgIpc) is 1.22. The van der Waals surface area contributed by atoms with Crippen LogP contribution in [0.15, 0.2) is 126 Å². The Labute approximate surface area is 720 Å². The molecule has 628 valence electrons. The number of carbonyl (C=O) groups excluding carboxylic acids is 8. The Bertz CT molecular complexity index is 5460. The van der Waals surface area contributed by atoms with Gasteiger partial charge in [-0.2, -0.15) is 0 Å². The molecule has 6 heterocycles. The lowest BCUT2D eigenvalue weighted by molar-refractivity contribution is -0.163. The maximum absolute atomic E-state index is 13.9. The fraction of sp³-hybridized carbons (Fsp3) is 0.443. The first-order valence-corrected chi connectivity index (χ1v) is 42.8. The summed E-state index contributed by atoms with van der Waals surface area (Å²) in [6, 6.07) is 24.2. The van der Waals surface area contributed by atoms with E-state index in [0.717, 1.165) is 117 Å². The van der Waals surface area contributed by atoms with Gasteiger partial charge in [-0.3, -0.25) is 42.8 Å². The van der Waals surface area contributed by atoms with Gasteiger partial charge in [-0.05, 0) is 246 Å². The second-order valence-corrected chi connectivity index (χ2v) is 38.0. The van der Waals surface area contributed by atoms with Gasteiger partial charge >= 0.3 is 0 Å². The first-order chi connectivity index (χ1) is 57.3. The lowest BCUT2D eigenvalue weighted by Gasteiger charge is -2.70. The Morgan fingerprint density at radius 2 is 0.892 bits per heavy atom. The molecule has 0 unspecified atom stereocenters. The number of Topliss-reactive ketones (excluding diaryl/α,β-unsaturated/α-hetero) is 4. The van der Waals surface area contributed by atoms with Crippen molar-refractivity contribution >= 4 is 127 Å². The van der Waals surface area contributed by atoms with Crippen LogP contribution in [-0.2, 0) is 23.9 Å². The SMILES string of the molecule is Cc1cc(OCC(=O)CC23CC(NC(=O)c4cn5cccnc5n4)(C2)C3)ccc1Cl.Cc1cc(OCC(=O)CC23CC(NC(=O)c4csc(N5CCOCC5)n4)(C2)C3)ccc1Cl.Cc1cc(OCC(=O)CC23CC(NC(=O)c4ncc(Cl)cc4F)(C2)C3)ccc1Cl.Cc1cc(OCC(=O)CC23CC(NC(=O)c4ncoc4C4CC4)(C2)C3)ccc1Cl. The molecule has 120 heavy (non-hydrogen) atoms. The number of rotatable bonds is 30. The molecule has 1 saturated heterocycles. The zero-order valence-corrected chi connectivity index (χ0v) is 71.1. The summed E-state index contributed by atoms with van der Waals surface area (Å²) in [7, 11) is 0. The van der Waals surface area contributed by atoms with Crippen molar-refractivity contribution in [3.63, 3.8) is 0 Å². The number of morpholine rings is 1. The number of thiazole rings is 1. The normalized spacial score (nSPS) is 25.4. The molecular formula is C88H89Cl5FN11O14S. The minimum Gasteiger partial charge on any atom is -0.486 e. The molecule has 23 rings (SSSR count). The van der Waals surface area contributed by atoms with Crippen LogP contribution in [0.3, 0.4) is 0 Å². The van der Waals surface area contributed by atoms with Crippen LogP contribution in [0.5, 0.6) is 23.0 Å². The van der Waals surface area contributed by atoms with Gasteiger partial charge in [-0.25, -0.2) is 29.3 Å². The third-order valence-corrected chi connectivity index (χ3v) is 27.5. The number of benzene rings is 4. The van der Waals surface area contributed by atoms with Crippen LogP contribution in [0.1, 0.15) is 191 Å². The average molecular weight is 1750 g/mol. The van der Waals surface area contributed by atoms with Gasteiger partial charge in [0.05, 0.1) is 18.2 Å². The van der Waals surface area contributed by atoms with E-state index in [1.807, 2.05) is 51.3 Å². The van der Waals surface area contributed by atoms with Gasteiger partial charge in [-0.1, -0.05) is 58.0 Å². The standard InChI is InChI=1S/C23H26ClN3O4S.C22H21ClN4O3.C22H23ClN2O4.C21H19Cl2FN2O3/c1-15-8-17(2-3-18(15)24)31-10-16(28)9-22-12-23(13-22,14-22)26-20(29)19-11-32-21(25-19)27-4-6-30-7-5-27;1-14-7-16(3-4-17(14)23)30-10-15(28)8-21-11-22(12-21,13-21)26-19(29)18-9-27-6-2-5-24-20(27)25-18;1-13-6-16(4-5-17(13)23)28-8-15(26)7-21-9-22(10-21,11-21)25-20(27)18-19(14-2-3-14)29-12-24-18;1-12-4-15(2-3-16(12)23)29-8-14(27)6-20-9-21(10-20,11-20)26-19(28)18-17(24)5-13(22)7-25-18/h2-3,8,11H,4-7,9-10,12-14H2,1H3,(H,26,29);2-7,9H,8,10-13H2,1H3,(H,26,29);4-6,12,14H,2-3,7-11H2,1H3,(H,25,27);2-5,7H,6,8-11H2,1H3,(H,26,28). The van der Waals surface area contributed by atoms with Gasteiger partial charge < -0.3 is 54.3 Å². The number of hydrogen-bond acceptors (Lipinski definition) is 21. The second kappa shape index (κ2) is 33.3. The molecule has 9 aromatic rings. The number of nitrogens with zero attached hydrogens (tertiary/aromatic N) is 7. The number of aryl methyl sites for hydroxylation is 4. The fourth-order valence-corrected chi connectivity index (χ4v) is 21.2. The molecule has 0 radical (unpaired) electrons. The Hall–Kier alpha value is -9.61.